The number of carbonyl (C=O) groups excluding carboxylic acids is 1. The minimum atomic E-state index is -0.491. The predicted octanol–water partition coefficient (Wildman–Crippen LogP) is 1.03. The molecule has 8 nitrogen and oxygen atoms in total. The van der Waals surface area contributed by atoms with Crippen molar-refractivity contribution in [3.8, 4) is 11.5 Å². The van der Waals surface area contributed by atoms with Crippen LogP contribution in [0.15, 0.2) is 27.4 Å². The highest BCUT2D eigenvalue weighted by molar-refractivity contribution is 5.76. The van der Waals surface area contributed by atoms with E-state index < -0.39 is 5.56 Å². The minimum absolute atomic E-state index is 0.0237. The van der Waals surface area contributed by atoms with Crippen LogP contribution in [0.4, 0.5) is 5.69 Å². The molecule has 2 aromatic rings. The average molecular weight is 346 g/mol. The molecular weight excluding hydrogens is 324 g/mol. The Morgan fingerprint density at radius 1 is 1.32 bits per heavy atom. The highest BCUT2D eigenvalue weighted by atomic mass is 16.5. The van der Waals surface area contributed by atoms with Crippen molar-refractivity contribution in [1.82, 2.24) is 14.7 Å². The summed E-state index contributed by atoms with van der Waals surface area (Å²) < 4.78 is 12.2. The van der Waals surface area contributed by atoms with E-state index in [-0.39, 0.29) is 30.3 Å². The molecule has 0 aliphatic carbocycles. The summed E-state index contributed by atoms with van der Waals surface area (Å²) in [5, 5.41) is 4.24. The van der Waals surface area contributed by atoms with Gasteiger partial charge < -0.3 is 19.8 Å². The van der Waals surface area contributed by atoms with Crippen molar-refractivity contribution in [3.63, 3.8) is 0 Å². The van der Waals surface area contributed by atoms with Crippen LogP contribution in [0.2, 0.25) is 0 Å². The van der Waals surface area contributed by atoms with Crippen molar-refractivity contribution in [2.45, 2.75) is 39.5 Å². The number of hydrogen-bond acceptors (Lipinski definition) is 6. The van der Waals surface area contributed by atoms with Gasteiger partial charge in [-0.15, -0.1) is 0 Å². The van der Waals surface area contributed by atoms with Gasteiger partial charge in [0.15, 0.2) is 5.76 Å². The van der Waals surface area contributed by atoms with Gasteiger partial charge >= 0.3 is 0 Å². The third kappa shape index (κ3) is 3.74. The van der Waals surface area contributed by atoms with Crippen molar-refractivity contribution in [2.75, 3.05) is 18.8 Å². The quantitative estimate of drug-likeness (QED) is 0.890. The molecule has 2 N–H and O–H groups in total. The smallest absolute Gasteiger partial charge is 0.290 e. The highest BCUT2D eigenvalue weighted by Crippen LogP contribution is 2.20. The molecule has 3 rings (SSSR count). The number of nitrogens with two attached hydrogens (primary N) is 1. The standard InChI is InChI=1S/C17H22N4O4/c1-10-4-5-15(25-10)14-6-13(18)17(23)21(19-14)9-16(22)20-7-11(2)24-12(3)8-20/h4-6,11-12H,7-9,18H2,1-3H3/t11-,12-/m0/s1. The lowest BCUT2D eigenvalue weighted by Gasteiger charge is -2.35. The van der Waals surface area contributed by atoms with E-state index in [9.17, 15) is 9.59 Å². The lowest BCUT2D eigenvalue weighted by Crippen LogP contribution is -2.49. The van der Waals surface area contributed by atoms with Crippen LogP contribution in [-0.4, -0.2) is 45.9 Å². The van der Waals surface area contributed by atoms with Crippen molar-refractivity contribution < 1.29 is 13.9 Å². The fourth-order valence-corrected chi connectivity index (χ4v) is 2.97. The molecule has 1 amide bonds. The van der Waals surface area contributed by atoms with E-state index >= 15 is 0 Å². The fourth-order valence-electron chi connectivity index (χ4n) is 2.97. The second kappa shape index (κ2) is 6.72. The van der Waals surface area contributed by atoms with Gasteiger partial charge in [0.2, 0.25) is 5.91 Å². The molecule has 1 aliphatic heterocycles. The van der Waals surface area contributed by atoms with Crippen LogP contribution in [0.25, 0.3) is 11.5 Å². The van der Waals surface area contributed by atoms with Crippen LogP contribution in [0.5, 0.6) is 0 Å². The third-order valence-corrected chi connectivity index (χ3v) is 4.05. The molecule has 8 heteroatoms. The van der Waals surface area contributed by atoms with Gasteiger partial charge in [-0.1, -0.05) is 0 Å². The monoisotopic (exact) mass is 346 g/mol. The van der Waals surface area contributed by atoms with Crippen molar-refractivity contribution >= 4 is 11.6 Å². The Morgan fingerprint density at radius 2 is 2.00 bits per heavy atom. The number of aryl methyl sites for hydroxylation is 1. The van der Waals surface area contributed by atoms with Gasteiger partial charge in [0.25, 0.3) is 5.56 Å². The van der Waals surface area contributed by atoms with Gasteiger partial charge in [0.1, 0.15) is 23.7 Å². The summed E-state index contributed by atoms with van der Waals surface area (Å²) in [4.78, 5) is 26.5. The van der Waals surface area contributed by atoms with Gasteiger partial charge in [-0.05, 0) is 39.0 Å². The number of aromatic nitrogens is 2. The number of carbonyl (C=O) groups is 1. The van der Waals surface area contributed by atoms with Crippen molar-refractivity contribution in [3.05, 3.63) is 34.3 Å². The molecule has 0 spiro atoms. The molecule has 2 atom stereocenters. The van der Waals surface area contributed by atoms with Crippen LogP contribution in [0, 0.1) is 6.92 Å². The zero-order chi connectivity index (χ0) is 18.1. The lowest BCUT2D eigenvalue weighted by molar-refractivity contribution is -0.144. The fraction of sp³-hybridized carbons (Fsp3) is 0.471. The van der Waals surface area contributed by atoms with E-state index in [1.807, 2.05) is 20.8 Å². The van der Waals surface area contributed by atoms with Crippen LogP contribution < -0.4 is 11.3 Å². The molecule has 25 heavy (non-hydrogen) atoms. The summed E-state index contributed by atoms with van der Waals surface area (Å²) in [5.41, 5.74) is 5.75. The molecule has 2 aromatic heterocycles. The van der Waals surface area contributed by atoms with Crippen molar-refractivity contribution in [1.29, 1.82) is 0 Å². The second-order valence-electron chi connectivity index (χ2n) is 6.41. The Morgan fingerprint density at radius 3 is 2.60 bits per heavy atom. The van der Waals surface area contributed by atoms with Crippen molar-refractivity contribution in [2.24, 2.45) is 0 Å². The third-order valence-electron chi connectivity index (χ3n) is 4.05. The number of amides is 1. The molecule has 0 radical (unpaired) electrons. The first kappa shape index (κ1) is 17.2. The Balaban J connectivity index is 1.85. The van der Waals surface area contributed by atoms with Gasteiger partial charge in [0, 0.05) is 13.1 Å². The summed E-state index contributed by atoms with van der Waals surface area (Å²) in [5.74, 6) is 1.03. The first-order chi connectivity index (χ1) is 11.8. The van der Waals surface area contributed by atoms with Gasteiger partial charge in [-0.3, -0.25) is 9.59 Å². The topological polar surface area (TPSA) is 104 Å². The van der Waals surface area contributed by atoms with E-state index in [1.54, 1.807) is 17.0 Å². The highest BCUT2D eigenvalue weighted by Gasteiger charge is 2.26. The van der Waals surface area contributed by atoms with E-state index in [0.29, 0.717) is 24.5 Å². The zero-order valence-electron chi connectivity index (χ0n) is 14.6. The molecule has 0 aromatic carbocycles. The molecular formula is C17H22N4O4. The van der Waals surface area contributed by atoms with Crippen LogP contribution in [0.3, 0.4) is 0 Å². The zero-order valence-corrected chi connectivity index (χ0v) is 14.6. The maximum atomic E-state index is 12.6. The van der Waals surface area contributed by atoms with Gasteiger partial charge in [-0.2, -0.15) is 5.10 Å². The lowest BCUT2D eigenvalue weighted by atomic mass is 10.2. The number of nitrogens with zero attached hydrogens (tertiary/aromatic N) is 3. The normalized spacial score (nSPS) is 20.7. The number of ether oxygens (including phenoxy) is 1. The largest absolute Gasteiger partial charge is 0.460 e. The van der Waals surface area contributed by atoms with E-state index in [4.69, 9.17) is 14.9 Å². The molecule has 0 bridgehead atoms. The van der Waals surface area contributed by atoms with E-state index in [2.05, 4.69) is 5.10 Å². The Bertz CT molecular complexity index is 831. The Hall–Kier alpha value is -2.61. The van der Waals surface area contributed by atoms with Gasteiger partial charge in [-0.25, -0.2) is 4.68 Å². The maximum absolute atomic E-state index is 12.6. The molecule has 134 valence electrons. The SMILES string of the molecule is Cc1ccc(-c2cc(N)c(=O)n(CC(=O)N3C[C@H](C)O[C@@H](C)C3)n2)o1. The van der Waals surface area contributed by atoms with Crippen LogP contribution in [0.1, 0.15) is 19.6 Å². The number of hydrogen-bond donors (Lipinski definition) is 1. The van der Waals surface area contributed by atoms with Gasteiger partial charge in [0.05, 0.1) is 12.2 Å². The first-order valence-corrected chi connectivity index (χ1v) is 8.21. The number of rotatable bonds is 3. The minimum Gasteiger partial charge on any atom is -0.460 e. The first-order valence-electron chi connectivity index (χ1n) is 8.21. The number of nitrogen functional groups attached to an aromatic ring is 1. The Labute approximate surface area is 145 Å². The molecule has 0 unspecified atom stereocenters. The van der Waals surface area contributed by atoms with Crippen LogP contribution >= 0.6 is 0 Å². The van der Waals surface area contributed by atoms with E-state index in [1.165, 1.54) is 6.07 Å². The summed E-state index contributed by atoms with van der Waals surface area (Å²) in [7, 11) is 0. The second-order valence-corrected chi connectivity index (χ2v) is 6.41. The summed E-state index contributed by atoms with van der Waals surface area (Å²) in [6, 6.07) is 5.00. The summed E-state index contributed by atoms with van der Waals surface area (Å²) >= 11 is 0. The molecule has 3 heterocycles. The molecule has 1 aliphatic rings. The van der Waals surface area contributed by atoms with Crippen LogP contribution in [-0.2, 0) is 16.1 Å². The predicted molar refractivity (Wildman–Crippen MR) is 91.9 cm³/mol. The Kier molecular flexibility index (Phi) is 4.63. The van der Waals surface area contributed by atoms with E-state index in [0.717, 1.165) is 10.4 Å². The maximum Gasteiger partial charge on any atom is 0.290 e. The molecule has 0 saturated carbocycles. The molecule has 1 saturated heterocycles. The summed E-state index contributed by atoms with van der Waals surface area (Å²) in [6.45, 7) is 6.45. The number of morpholine rings is 1. The average Bonchev–Trinajstić information content (AvgIpc) is 2.97. The summed E-state index contributed by atoms with van der Waals surface area (Å²) in [6.07, 6.45) is -0.0836. The number of furan rings is 1. The number of anilines is 1. The molecule has 1 fully saturated rings.